The van der Waals surface area contributed by atoms with Crippen LogP contribution in [0.2, 0.25) is 0 Å². The Morgan fingerprint density at radius 1 is 0.365 bits per heavy atom. The summed E-state index contributed by atoms with van der Waals surface area (Å²) in [5.74, 6) is 0. The molecule has 52 heavy (non-hydrogen) atoms. The number of benzene rings is 8. The Balaban J connectivity index is 1.53. The van der Waals surface area contributed by atoms with Crippen molar-refractivity contribution in [2.45, 2.75) is 0 Å². The second-order valence-electron chi connectivity index (χ2n) is 12.9. The van der Waals surface area contributed by atoms with E-state index in [1.54, 1.807) is 0 Å². The van der Waals surface area contributed by atoms with Gasteiger partial charge in [0.1, 0.15) is 0 Å². The van der Waals surface area contributed by atoms with Crippen LogP contribution >= 0.6 is 11.3 Å². The number of anilines is 6. The summed E-state index contributed by atoms with van der Waals surface area (Å²) in [5, 5.41) is 4.88. The molecule has 0 saturated carbocycles. The predicted molar refractivity (Wildman–Crippen MR) is 223 cm³/mol. The molecule has 4 heteroatoms. The van der Waals surface area contributed by atoms with Gasteiger partial charge in [-0.2, -0.15) is 0 Å². The topological polar surface area (TPSA) is 11.4 Å². The number of para-hydroxylation sites is 6. The lowest BCUT2D eigenvalue weighted by molar-refractivity contribution is 1.19. The number of aromatic nitrogens is 1. The summed E-state index contributed by atoms with van der Waals surface area (Å²) in [7, 11) is 0. The summed E-state index contributed by atoms with van der Waals surface area (Å²) in [4.78, 5) is 4.95. The molecule has 2 aromatic heterocycles. The predicted octanol–water partition coefficient (Wildman–Crippen LogP) is 14.1. The lowest BCUT2D eigenvalue weighted by Gasteiger charge is -2.34. The first-order valence-corrected chi connectivity index (χ1v) is 18.4. The average Bonchev–Trinajstić information content (AvgIpc) is 3.78. The molecule has 2 heterocycles. The molecule has 0 spiro atoms. The Morgan fingerprint density at radius 3 is 1.29 bits per heavy atom. The van der Waals surface area contributed by atoms with Crippen LogP contribution in [0.25, 0.3) is 47.7 Å². The molecule has 0 radical (unpaired) electrons. The van der Waals surface area contributed by atoms with Crippen molar-refractivity contribution in [2.24, 2.45) is 0 Å². The maximum atomic E-state index is 2.49. The van der Waals surface area contributed by atoms with Gasteiger partial charge >= 0.3 is 0 Å². The summed E-state index contributed by atoms with van der Waals surface area (Å²) in [6, 6.07) is 72.0. The third-order valence-electron chi connectivity index (χ3n) is 9.90. The van der Waals surface area contributed by atoms with E-state index in [1.165, 1.54) is 42.0 Å². The second kappa shape index (κ2) is 12.6. The first kappa shape index (κ1) is 30.2. The van der Waals surface area contributed by atoms with Gasteiger partial charge in [-0.25, -0.2) is 0 Å². The van der Waals surface area contributed by atoms with Gasteiger partial charge in [0.15, 0.2) is 0 Å². The molecule has 0 atom stereocenters. The van der Waals surface area contributed by atoms with Crippen molar-refractivity contribution in [2.75, 3.05) is 9.80 Å². The molecule has 3 nitrogen and oxygen atoms in total. The highest BCUT2D eigenvalue weighted by atomic mass is 32.1. The highest BCUT2D eigenvalue weighted by Crippen LogP contribution is 2.58. The summed E-state index contributed by atoms with van der Waals surface area (Å²) in [6.07, 6.45) is 0. The Labute approximate surface area is 306 Å². The molecule has 0 bridgehead atoms. The van der Waals surface area contributed by atoms with Crippen LogP contribution in [0.15, 0.2) is 200 Å². The van der Waals surface area contributed by atoms with Crippen LogP contribution in [0.4, 0.5) is 34.1 Å². The van der Waals surface area contributed by atoms with Crippen molar-refractivity contribution < 1.29 is 0 Å². The molecule has 10 aromatic rings. The van der Waals surface area contributed by atoms with Gasteiger partial charge in [-0.15, -0.1) is 11.3 Å². The van der Waals surface area contributed by atoms with Crippen LogP contribution in [0, 0.1) is 0 Å². The van der Waals surface area contributed by atoms with E-state index in [1.807, 2.05) is 11.3 Å². The van der Waals surface area contributed by atoms with E-state index in [2.05, 4.69) is 215 Å². The maximum absolute atomic E-state index is 2.49. The third-order valence-corrected chi connectivity index (χ3v) is 11.1. The van der Waals surface area contributed by atoms with Crippen LogP contribution in [0.1, 0.15) is 0 Å². The van der Waals surface area contributed by atoms with Gasteiger partial charge in [0.2, 0.25) is 0 Å². The number of hydrogen-bond donors (Lipinski definition) is 0. The number of fused-ring (bicyclic) bond motifs is 7. The zero-order valence-corrected chi connectivity index (χ0v) is 29.1. The molecule has 246 valence electrons. The van der Waals surface area contributed by atoms with Gasteiger partial charge in [-0.1, -0.05) is 127 Å². The molecule has 0 aliphatic carbocycles. The Kier molecular flexibility index (Phi) is 7.33. The number of rotatable bonds is 7. The van der Waals surface area contributed by atoms with Gasteiger partial charge in [0, 0.05) is 54.7 Å². The average molecular weight is 684 g/mol. The summed E-state index contributed by atoms with van der Waals surface area (Å²) < 4.78 is 5.00. The van der Waals surface area contributed by atoms with E-state index in [9.17, 15) is 0 Å². The van der Waals surface area contributed by atoms with Crippen LogP contribution in [0.5, 0.6) is 0 Å². The van der Waals surface area contributed by atoms with Crippen molar-refractivity contribution in [3.63, 3.8) is 0 Å². The molecule has 10 rings (SSSR count). The Bertz CT molecular complexity index is 2750. The normalized spacial score (nSPS) is 11.5. The fourth-order valence-corrected chi connectivity index (χ4v) is 9.03. The van der Waals surface area contributed by atoms with E-state index in [-0.39, 0.29) is 0 Å². The van der Waals surface area contributed by atoms with Gasteiger partial charge in [-0.05, 0) is 72.8 Å². The summed E-state index contributed by atoms with van der Waals surface area (Å²) in [5.41, 5.74) is 10.2. The zero-order valence-electron chi connectivity index (χ0n) is 28.3. The zero-order chi connectivity index (χ0) is 34.4. The van der Waals surface area contributed by atoms with E-state index in [4.69, 9.17) is 0 Å². The summed E-state index contributed by atoms with van der Waals surface area (Å²) >= 11 is 1.88. The highest BCUT2D eigenvalue weighted by molar-refractivity contribution is 7.26. The largest absolute Gasteiger partial charge is 0.308 e. The second-order valence-corrected chi connectivity index (χ2v) is 14.0. The van der Waals surface area contributed by atoms with Crippen LogP contribution in [-0.4, -0.2) is 4.57 Å². The van der Waals surface area contributed by atoms with E-state index in [0.29, 0.717) is 0 Å². The van der Waals surface area contributed by atoms with Crippen LogP contribution < -0.4 is 9.80 Å². The molecule has 8 aromatic carbocycles. The quantitative estimate of drug-likeness (QED) is 0.155. The third kappa shape index (κ3) is 4.80. The minimum Gasteiger partial charge on any atom is -0.308 e. The number of nitrogens with zero attached hydrogens (tertiary/aromatic N) is 3. The van der Waals surface area contributed by atoms with Crippen LogP contribution in [-0.2, 0) is 0 Å². The molecule has 0 aliphatic heterocycles. The smallest absolute Gasteiger partial charge is 0.0811 e. The first-order chi connectivity index (χ1) is 25.9. The lowest BCUT2D eigenvalue weighted by Crippen LogP contribution is -2.17. The minimum atomic E-state index is 1.09. The van der Waals surface area contributed by atoms with Crippen molar-refractivity contribution in [1.82, 2.24) is 4.57 Å². The monoisotopic (exact) mass is 683 g/mol. The molecule has 0 aliphatic rings. The Morgan fingerprint density at radius 2 is 0.769 bits per heavy atom. The standard InChI is InChI=1S/C48H33N3S/c1-6-20-34(21-7-1)49(35-22-8-2-9-23-35)45-43-39-30-16-18-32-41(39)51(38-28-14-5-15-29-38)47(43)48-44(40-31-17-19-33-42(40)52-48)46(45)50(36-24-10-3-11-25-36)37-26-12-4-13-27-37/h1-33H. The summed E-state index contributed by atoms with van der Waals surface area (Å²) in [6.45, 7) is 0. The molecule has 0 N–H and O–H groups in total. The van der Waals surface area contributed by atoms with Crippen molar-refractivity contribution in [3.8, 4) is 5.69 Å². The van der Waals surface area contributed by atoms with Gasteiger partial charge in [-0.3, -0.25) is 0 Å². The SMILES string of the molecule is c1ccc(N(c2ccccc2)c2c(N(c3ccccc3)c3ccccc3)c3c4ccccc4n(-c4ccccc4)c3c3sc4ccccc4c23)cc1. The van der Waals surface area contributed by atoms with E-state index >= 15 is 0 Å². The Hall–Kier alpha value is -6.62. The van der Waals surface area contributed by atoms with Crippen molar-refractivity contribution in [3.05, 3.63) is 200 Å². The fourth-order valence-electron chi connectivity index (χ4n) is 7.78. The van der Waals surface area contributed by atoms with Crippen molar-refractivity contribution in [1.29, 1.82) is 0 Å². The molecule has 0 saturated heterocycles. The maximum Gasteiger partial charge on any atom is 0.0811 e. The fraction of sp³-hybridized carbons (Fsp3) is 0. The molecule has 0 amide bonds. The minimum absolute atomic E-state index is 1.09. The van der Waals surface area contributed by atoms with Crippen LogP contribution in [0.3, 0.4) is 0 Å². The molecule has 0 fully saturated rings. The number of thiophene rings is 1. The number of hydrogen-bond acceptors (Lipinski definition) is 3. The van der Waals surface area contributed by atoms with Gasteiger partial charge < -0.3 is 14.4 Å². The van der Waals surface area contributed by atoms with Crippen molar-refractivity contribution >= 4 is 87.4 Å². The van der Waals surface area contributed by atoms with E-state index in [0.717, 1.165) is 39.8 Å². The molecule has 0 unspecified atom stereocenters. The molecular weight excluding hydrogens is 651 g/mol. The lowest BCUT2D eigenvalue weighted by atomic mass is 9.99. The van der Waals surface area contributed by atoms with Gasteiger partial charge in [0.25, 0.3) is 0 Å². The first-order valence-electron chi connectivity index (χ1n) is 17.6. The van der Waals surface area contributed by atoms with Gasteiger partial charge in [0.05, 0.1) is 27.1 Å². The molecular formula is C48H33N3S. The van der Waals surface area contributed by atoms with E-state index < -0.39 is 0 Å². The highest BCUT2D eigenvalue weighted by Gasteiger charge is 2.32.